The molecule has 0 unspecified atom stereocenters. The first-order valence-corrected chi connectivity index (χ1v) is 4.27. The highest BCUT2D eigenvalue weighted by molar-refractivity contribution is 5.85. The summed E-state index contributed by atoms with van der Waals surface area (Å²) in [5, 5.41) is 0. The lowest BCUT2D eigenvalue weighted by atomic mass is 10.3. The van der Waals surface area contributed by atoms with Crippen LogP contribution in [0.3, 0.4) is 0 Å². The van der Waals surface area contributed by atoms with Gasteiger partial charge in [0, 0.05) is 26.1 Å². The number of rotatable bonds is 3. The molecular formula is C8H17ClN2O2. The molecule has 2 N–H and O–H groups in total. The van der Waals surface area contributed by atoms with Crippen molar-refractivity contribution in [2.24, 2.45) is 5.73 Å². The van der Waals surface area contributed by atoms with Crippen LogP contribution >= 0.6 is 12.4 Å². The third kappa shape index (κ3) is 5.21. The van der Waals surface area contributed by atoms with Crippen LogP contribution in [0.4, 0.5) is 0 Å². The number of carbonyl (C=O) groups excluding carboxylic acids is 1. The highest BCUT2D eigenvalue weighted by Gasteiger charge is 2.16. The second-order valence-electron chi connectivity index (χ2n) is 3.16. The first kappa shape index (κ1) is 12.8. The number of Topliss-reactive ketones (excluding diaryl/α,β-unsaturated/α-hetero) is 1. The van der Waals surface area contributed by atoms with E-state index < -0.39 is 0 Å². The average molecular weight is 209 g/mol. The largest absolute Gasteiger partial charge is 0.361 e. The molecule has 1 rings (SSSR count). The quantitative estimate of drug-likeness (QED) is 0.710. The van der Waals surface area contributed by atoms with Gasteiger partial charge in [-0.05, 0) is 6.92 Å². The Hall–Kier alpha value is -0.160. The molecule has 0 aromatic carbocycles. The molecule has 1 atom stereocenters. The Morgan fingerprint density at radius 1 is 1.69 bits per heavy atom. The van der Waals surface area contributed by atoms with Crippen LogP contribution in [0.15, 0.2) is 0 Å². The van der Waals surface area contributed by atoms with Crippen molar-refractivity contribution in [3.05, 3.63) is 0 Å². The first-order chi connectivity index (χ1) is 5.68. The van der Waals surface area contributed by atoms with E-state index >= 15 is 0 Å². The third-order valence-electron chi connectivity index (χ3n) is 1.96. The number of carbonyl (C=O) groups is 1. The minimum absolute atomic E-state index is 0. The first-order valence-electron chi connectivity index (χ1n) is 4.27. The Morgan fingerprint density at radius 2 is 2.38 bits per heavy atom. The fourth-order valence-electron chi connectivity index (χ4n) is 1.25. The summed E-state index contributed by atoms with van der Waals surface area (Å²) < 4.78 is 5.17. The predicted molar refractivity (Wildman–Crippen MR) is 52.9 cm³/mol. The fourth-order valence-corrected chi connectivity index (χ4v) is 1.25. The monoisotopic (exact) mass is 208 g/mol. The molecule has 0 aromatic heterocycles. The summed E-state index contributed by atoms with van der Waals surface area (Å²) in [7, 11) is 0. The summed E-state index contributed by atoms with van der Waals surface area (Å²) in [6.45, 7) is 4.74. The van der Waals surface area contributed by atoms with Gasteiger partial charge < -0.3 is 10.5 Å². The van der Waals surface area contributed by atoms with E-state index in [-0.39, 0.29) is 24.4 Å². The fraction of sp³-hybridized carbons (Fsp3) is 0.875. The molecule has 0 saturated carbocycles. The van der Waals surface area contributed by atoms with Gasteiger partial charge in [0.1, 0.15) is 12.0 Å². The summed E-state index contributed by atoms with van der Waals surface area (Å²) in [6, 6.07) is 0. The van der Waals surface area contributed by atoms with Crippen molar-refractivity contribution >= 4 is 18.2 Å². The standard InChI is InChI=1S/C8H16N2O2.ClH/c1-7(11)2-3-10-4-5-12-8(9)6-10;/h8H,2-6,9H2,1H3;1H/t8-;/m0./s1. The van der Waals surface area contributed by atoms with Crippen LogP contribution in [-0.4, -0.2) is 43.2 Å². The van der Waals surface area contributed by atoms with Gasteiger partial charge >= 0.3 is 0 Å². The highest BCUT2D eigenvalue weighted by atomic mass is 35.5. The highest BCUT2D eigenvalue weighted by Crippen LogP contribution is 2.01. The van der Waals surface area contributed by atoms with Gasteiger partial charge in [-0.3, -0.25) is 9.69 Å². The van der Waals surface area contributed by atoms with Crippen molar-refractivity contribution < 1.29 is 9.53 Å². The maximum Gasteiger partial charge on any atom is 0.131 e. The number of nitrogens with zero attached hydrogens (tertiary/aromatic N) is 1. The molecule has 1 fully saturated rings. The maximum atomic E-state index is 10.7. The second kappa shape index (κ2) is 6.32. The number of hydrogen-bond acceptors (Lipinski definition) is 4. The predicted octanol–water partition coefficient (Wildman–Crippen LogP) is 0.00430. The van der Waals surface area contributed by atoms with Gasteiger partial charge in [0.15, 0.2) is 0 Å². The van der Waals surface area contributed by atoms with Crippen molar-refractivity contribution in [1.82, 2.24) is 4.90 Å². The molecule has 1 aliphatic rings. The maximum absolute atomic E-state index is 10.7. The zero-order valence-electron chi connectivity index (χ0n) is 7.86. The molecule has 0 amide bonds. The van der Waals surface area contributed by atoms with E-state index in [1.54, 1.807) is 6.92 Å². The zero-order valence-corrected chi connectivity index (χ0v) is 8.68. The molecule has 0 aromatic rings. The number of morpholine rings is 1. The molecule has 5 heteroatoms. The summed E-state index contributed by atoms with van der Waals surface area (Å²) in [4.78, 5) is 12.8. The molecule has 0 spiro atoms. The summed E-state index contributed by atoms with van der Waals surface area (Å²) in [6.07, 6.45) is 0.443. The molecular weight excluding hydrogens is 192 g/mol. The van der Waals surface area contributed by atoms with Crippen LogP contribution < -0.4 is 5.73 Å². The van der Waals surface area contributed by atoms with Crippen molar-refractivity contribution in [2.45, 2.75) is 19.6 Å². The summed E-state index contributed by atoms with van der Waals surface area (Å²) in [5.41, 5.74) is 5.58. The Bertz CT molecular complexity index is 166. The van der Waals surface area contributed by atoms with E-state index in [4.69, 9.17) is 10.5 Å². The lowest BCUT2D eigenvalue weighted by Gasteiger charge is -2.30. The van der Waals surface area contributed by atoms with Gasteiger partial charge in [-0.15, -0.1) is 12.4 Å². The average Bonchev–Trinajstić information content (AvgIpc) is 2.01. The Morgan fingerprint density at radius 3 is 2.92 bits per heavy atom. The zero-order chi connectivity index (χ0) is 8.97. The molecule has 1 heterocycles. The number of ketones is 1. The molecule has 1 saturated heterocycles. The van der Waals surface area contributed by atoms with Gasteiger partial charge in [0.25, 0.3) is 0 Å². The SMILES string of the molecule is CC(=O)CCN1CCO[C@H](N)C1.Cl. The summed E-state index contributed by atoms with van der Waals surface area (Å²) >= 11 is 0. The number of hydrogen-bond donors (Lipinski definition) is 1. The van der Waals surface area contributed by atoms with Crippen LogP contribution in [0.2, 0.25) is 0 Å². The molecule has 4 nitrogen and oxygen atoms in total. The topological polar surface area (TPSA) is 55.6 Å². The van der Waals surface area contributed by atoms with Crippen LogP contribution in [-0.2, 0) is 9.53 Å². The van der Waals surface area contributed by atoms with Gasteiger partial charge in [-0.25, -0.2) is 0 Å². The second-order valence-corrected chi connectivity index (χ2v) is 3.16. The molecule has 0 radical (unpaired) electrons. The Balaban J connectivity index is 0.00000144. The van der Waals surface area contributed by atoms with E-state index in [0.717, 1.165) is 19.6 Å². The third-order valence-corrected chi connectivity index (χ3v) is 1.96. The molecule has 0 bridgehead atoms. The normalized spacial score (nSPS) is 23.7. The Kier molecular flexibility index (Phi) is 6.24. The number of nitrogens with two attached hydrogens (primary N) is 1. The minimum atomic E-state index is -0.175. The molecule has 1 aliphatic heterocycles. The van der Waals surface area contributed by atoms with Crippen molar-refractivity contribution in [2.75, 3.05) is 26.2 Å². The van der Waals surface area contributed by atoms with Gasteiger partial charge in [-0.1, -0.05) is 0 Å². The van der Waals surface area contributed by atoms with Crippen molar-refractivity contribution in [3.8, 4) is 0 Å². The lowest BCUT2D eigenvalue weighted by molar-refractivity contribution is -0.117. The minimum Gasteiger partial charge on any atom is -0.361 e. The van der Waals surface area contributed by atoms with E-state index in [9.17, 15) is 4.79 Å². The van der Waals surface area contributed by atoms with E-state index in [0.29, 0.717) is 13.0 Å². The number of halogens is 1. The van der Waals surface area contributed by atoms with Crippen molar-refractivity contribution in [3.63, 3.8) is 0 Å². The van der Waals surface area contributed by atoms with E-state index in [2.05, 4.69) is 4.90 Å². The smallest absolute Gasteiger partial charge is 0.131 e. The van der Waals surface area contributed by atoms with Gasteiger partial charge in [0.2, 0.25) is 0 Å². The molecule has 78 valence electrons. The van der Waals surface area contributed by atoms with Gasteiger partial charge in [-0.2, -0.15) is 0 Å². The lowest BCUT2D eigenvalue weighted by Crippen LogP contribution is -2.47. The van der Waals surface area contributed by atoms with Crippen molar-refractivity contribution in [1.29, 1.82) is 0 Å². The van der Waals surface area contributed by atoms with Gasteiger partial charge in [0.05, 0.1) is 6.61 Å². The number of ether oxygens (including phenoxy) is 1. The van der Waals surface area contributed by atoms with Crippen LogP contribution in [0.25, 0.3) is 0 Å². The molecule has 0 aliphatic carbocycles. The summed E-state index contributed by atoms with van der Waals surface area (Å²) in [5.74, 6) is 0.232. The van der Waals surface area contributed by atoms with Crippen LogP contribution in [0, 0.1) is 0 Å². The van der Waals surface area contributed by atoms with E-state index in [1.807, 2.05) is 0 Å². The Labute approximate surface area is 84.8 Å². The van der Waals surface area contributed by atoms with Crippen LogP contribution in [0.1, 0.15) is 13.3 Å². The van der Waals surface area contributed by atoms with E-state index in [1.165, 1.54) is 0 Å². The van der Waals surface area contributed by atoms with Crippen LogP contribution in [0.5, 0.6) is 0 Å². The molecule has 13 heavy (non-hydrogen) atoms.